The summed E-state index contributed by atoms with van der Waals surface area (Å²) in [5, 5.41) is 7.31. The molecular weight excluding hydrogens is 140 g/mol. The van der Waals surface area contributed by atoms with E-state index >= 15 is 0 Å². The Balaban J connectivity index is 3.10. The number of hydrogen-bond donors (Lipinski definition) is 2. The van der Waals surface area contributed by atoms with E-state index < -0.39 is 0 Å². The molecule has 0 bridgehead atoms. The maximum Gasteiger partial charge on any atom is 0.132 e. The van der Waals surface area contributed by atoms with E-state index in [1.165, 1.54) is 0 Å². The summed E-state index contributed by atoms with van der Waals surface area (Å²) < 4.78 is 1.81. The molecule has 0 saturated carbocycles. The van der Waals surface area contributed by atoms with Crippen molar-refractivity contribution in [2.24, 2.45) is 0 Å². The Morgan fingerprint density at radius 2 is 2.45 bits per heavy atom. The fourth-order valence-corrected chi connectivity index (χ4v) is 0.933. The van der Waals surface area contributed by atoms with Crippen LogP contribution < -0.4 is 5.73 Å². The predicted molar refractivity (Wildman–Crippen MR) is 44.8 cm³/mol. The van der Waals surface area contributed by atoms with Crippen molar-refractivity contribution in [3.05, 3.63) is 12.0 Å². The highest BCUT2D eigenvalue weighted by Gasteiger charge is 2.06. The lowest BCUT2D eigenvalue weighted by molar-refractivity contribution is 0.771. The standard InChI is InChI=1S/C7H12N4/c1-3-11-4-10-6(5(2)8)7(11)9/h4,8H,3,9H2,1-2H3. The summed E-state index contributed by atoms with van der Waals surface area (Å²) >= 11 is 0. The highest BCUT2D eigenvalue weighted by atomic mass is 15.1. The van der Waals surface area contributed by atoms with Gasteiger partial charge in [-0.15, -0.1) is 0 Å². The summed E-state index contributed by atoms with van der Waals surface area (Å²) in [6.07, 6.45) is 1.66. The Bertz CT molecular complexity index is 274. The lowest BCUT2D eigenvalue weighted by Crippen LogP contribution is -2.03. The van der Waals surface area contributed by atoms with Crippen molar-refractivity contribution in [1.82, 2.24) is 9.55 Å². The van der Waals surface area contributed by atoms with Gasteiger partial charge in [-0.25, -0.2) is 4.98 Å². The highest BCUT2D eigenvalue weighted by Crippen LogP contribution is 2.09. The Hall–Kier alpha value is -1.32. The molecule has 0 amide bonds. The monoisotopic (exact) mass is 152 g/mol. The summed E-state index contributed by atoms with van der Waals surface area (Å²) in [5.41, 5.74) is 6.68. The topological polar surface area (TPSA) is 67.7 Å². The van der Waals surface area contributed by atoms with Crippen LogP contribution in [0, 0.1) is 5.41 Å². The van der Waals surface area contributed by atoms with Gasteiger partial charge in [-0.3, -0.25) is 0 Å². The van der Waals surface area contributed by atoms with Gasteiger partial charge in [0.15, 0.2) is 0 Å². The SMILES string of the molecule is CCn1cnc(C(C)=N)c1N. The number of rotatable bonds is 2. The second-order valence-electron chi connectivity index (χ2n) is 2.39. The largest absolute Gasteiger partial charge is 0.383 e. The molecule has 1 heterocycles. The molecule has 0 saturated heterocycles. The molecule has 0 radical (unpaired) electrons. The fourth-order valence-electron chi connectivity index (χ4n) is 0.933. The van der Waals surface area contributed by atoms with Crippen molar-refractivity contribution in [3.8, 4) is 0 Å². The van der Waals surface area contributed by atoms with Crippen LogP contribution in [0.15, 0.2) is 6.33 Å². The van der Waals surface area contributed by atoms with Crippen LogP contribution in [0.2, 0.25) is 0 Å². The summed E-state index contributed by atoms with van der Waals surface area (Å²) in [5.74, 6) is 0.583. The fraction of sp³-hybridized carbons (Fsp3) is 0.429. The molecule has 1 rings (SSSR count). The molecule has 0 aromatic carbocycles. The molecule has 0 atom stereocenters. The molecule has 4 heteroatoms. The van der Waals surface area contributed by atoms with Gasteiger partial charge in [0.05, 0.1) is 12.0 Å². The first-order chi connectivity index (χ1) is 5.16. The third-order valence-electron chi connectivity index (χ3n) is 1.57. The molecule has 60 valence electrons. The van der Waals surface area contributed by atoms with Crippen LogP contribution in [-0.4, -0.2) is 15.3 Å². The number of hydrogen-bond acceptors (Lipinski definition) is 3. The quantitative estimate of drug-likeness (QED) is 0.617. The number of nitrogens with one attached hydrogen (secondary N) is 1. The first-order valence-corrected chi connectivity index (χ1v) is 3.53. The van der Waals surface area contributed by atoms with E-state index in [-0.39, 0.29) is 0 Å². The van der Waals surface area contributed by atoms with Gasteiger partial charge in [0.2, 0.25) is 0 Å². The third kappa shape index (κ3) is 1.24. The van der Waals surface area contributed by atoms with Crippen LogP contribution in [0.1, 0.15) is 19.5 Å². The first kappa shape index (κ1) is 7.78. The van der Waals surface area contributed by atoms with E-state index in [1.807, 2.05) is 11.5 Å². The van der Waals surface area contributed by atoms with Crippen LogP contribution in [0.25, 0.3) is 0 Å². The van der Waals surface area contributed by atoms with Crippen LogP contribution in [0.4, 0.5) is 5.82 Å². The van der Waals surface area contributed by atoms with Crippen molar-refractivity contribution in [1.29, 1.82) is 5.41 Å². The van der Waals surface area contributed by atoms with Crippen LogP contribution >= 0.6 is 0 Å². The van der Waals surface area contributed by atoms with E-state index in [0.717, 1.165) is 6.54 Å². The van der Waals surface area contributed by atoms with Crippen molar-refractivity contribution in [2.45, 2.75) is 20.4 Å². The maximum absolute atomic E-state index is 7.31. The Labute approximate surface area is 65.6 Å². The second kappa shape index (κ2) is 2.74. The van der Waals surface area contributed by atoms with E-state index in [1.54, 1.807) is 13.3 Å². The molecule has 3 N–H and O–H groups in total. The zero-order valence-electron chi connectivity index (χ0n) is 6.76. The molecule has 0 aliphatic heterocycles. The Morgan fingerprint density at radius 3 is 2.73 bits per heavy atom. The minimum Gasteiger partial charge on any atom is -0.383 e. The first-order valence-electron chi connectivity index (χ1n) is 3.53. The molecule has 4 nitrogen and oxygen atoms in total. The van der Waals surface area contributed by atoms with Crippen LogP contribution in [0.5, 0.6) is 0 Å². The van der Waals surface area contributed by atoms with Crippen molar-refractivity contribution < 1.29 is 0 Å². The number of nitrogens with two attached hydrogens (primary N) is 1. The Kier molecular flexibility index (Phi) is 1.94. The Morgan fingerprint density at radius 1 is 1.82 bits per heavy atom. The van der Waals surface area contributed by atoms with E-state index in [9.17, 15) is 0 Å². The summed E-state index contributed by atoms with van der Waals surface area (Å²) in [7, 11) is 0. The molecule has 0 spiro atoms. The average Bonchev–Trinajstić information content (AvgIpc) is 2.30. The van der Waals surface area contributed by atoms with Gasteiger partial charge in [-0.2, -0.15) is 0 Å². The number of nitrogens with zero attached hydrogens (tertiary/aromatic N) is 2. The van der Waals surface area contributed by atoms with Crippen LogP contribution in [-0.2, 0) is 6.54 Å². The maximum atomic E-state index is 7.31. The average molecular weight is 152 g/mol. The minimum atomic E-state index is 0.412. The van der Waals surface area contributed by atoms with Crippen molar-refractivity contribution in [2.75, 3.05) is 5.73 Å². The van der Waals surface area contributed by atoms with Gasteiger partial charge >= 0.3 is 0 Å². The second-order valence-corrected chi connectivity index (χ2v) is 2.39. The van der Waals surface area contributed by atoms with E-state index in [0.29, 0.717) is 17.2 Å². The number of imidazole rings is 1. The van der Waals surface area contributed by atoms with Gasteiger partial charge in [0, 0.05) is 6.54 Å². The van der Waals surface area contributed by atoms with Crippen molar-refractivity contribution in [3.63, 3.8) is 0 Å². The predicted octanol–water partition coefficient (Wildman–Crippen LogP) is 0.873. The van der Waals surface area contributed by atoms with Gasteiger partial charge in [0.25, 0.3) is 0 Å². The van der Waals surface area contributed by atoms with E-state index in [2.05, 4.69) is 4.98 Å². The highest BCUT2D eigenvalue weighted by molar-refractivity contribution is 5.98. The van der Waals surface area contributed by atoms with Crippen molar-refractivity contribution >= 4 is 11.5 Å². The molecule has 0 aliphatic rings. The molecule has 0 aliphatic carbocycles. The van der Waals surface area contributed by atoms with Gasteiger partial charge < -0.3 is 15.7 Å². The minimum absolute atomic E-state index is 0.412. The number of nitrogen functional groups attached to an aromatic ring is 1. The zero-order chi connectivity index (χ0) is 8.43. The van der Waals surface area contributed by atoms with Crippen LogP contribution in [0.3, 0.4) is 0 Å². The summed E-state index contributed by atoms with van der Waals surface area (Å²) in [6, 6.07) is 0. The third-order valence-corrected chi connectivity index (χ3v) is 1.57. The molecule has 11 heavy (non-hydrogen) atoms. The van der Waals surface area contributed by atoms with Gasteiger partial charge in [0.1, 0.15) is 11.5 Å². The normalized spacial score (nSPS) is 10.0. The number of aryl methyl sites for hydroxylation is 1. The summed E-state index contributed by atoms with van der Waals surface area (Å²) in [4.78, 5) is 4.00. The molecular formula is C7H12N4. The summed E-state index contributed by atoms with van der Waals surface area (Å²) in [6.45, 7) is 4.46. The zero-order valence-corrected chi connectivity index (χ0v) is 6.76. The van der Waals surface area contributed by atoms with Gasteiger partial charge in [-0.05, 0) is 13.8 Å². The molecule has 1 aromatic heterocycles. The van der Waals surface area contributed by atoms with Gasteiger partial charge in [-0.1, -0.05) is 0 Å². The number of anilines is 1. The molecule has 1 aromatic rings. The molecule has 0 fully saturated rings. The molecule has 0 unspecified atom stereocenters. The smallest absolute Gasteiger partial charge is 0.132 e. The van der Waals surface area contributed by atoms with E-state index in [4.69, 9.17) is 11.1 Å². The lowest BCUT2D eigenvalue weighted by Gasteiger charge is -1.99. The number of aromatic nitrogens is 2. The lowest BCUT2D eigenvalue weighted by atomic mass is 10.3.